The van der Waals surface area contributed by atoms with Gasteiger partial charge in [-0.15, -0.1) is 0 Å². The Morgan fingerprint density at radius 3 is 2.69 bits per heavy atom. The number of nitrogens with two attached hydrogens (primary N) is 1. The highest BCUT2D eigenvalue weighted by Gasteiger charge is 2.36. The van der Waals surface area contributed by atoms with E-state index in [2.05, 4.69) is 4.98 Å². The van der Waals surface area contributed by atoms with E-state index in [1.807, 2.05) is 0 Å². The van der Waals surface area contributed by atoms with Crippen LogP contribution >= 0.6 is 0 Å². The standard InChI is InChI=1S/C8H9N3O2/c9-7-3-6(7)8-2-1-5(4-10-8)11(12)13/h1-2,4,6-7H,3,9H2. The first kappa shape index (κ1) is 8.12. The first-order valence-electron chi connectivity index (χ1n) is 4.04. The van der Waals surface area contributed by atoms with Crippen LogP contribution in [0.2, 0.25) is 0 Å². The maximum absolute atomic E-state index is 10.3. The fourth-order valence-corrected chi connectivity index (χ4v) is 1.28. The fraction of sp³-hybridized carbons (Fsp3) is 0.375. The van der Waals surface area contributed by atoms with E-state index in [4.69, 9.17) is 5.73 Å². The zero-order valence-corrected chi connectivity index (χ0v) is 6.88. The van der Waals surface area contributed by atoms with Gasteiger partial charge in [-0.1, -0.05) is 0 Å². The second-order valence-corrected chi connectivity index (χ2v) is 3.20. The van der Waals surface area contributed by atoms with Crippen molar-refractivity contribution < 1.29 is 4.92 Å². The maximum Gasteiger partial charge on any atom is 0.287 e. The molecule has 0 saturated heterocycles. The maximum atomic E-state index is 10.3. The minimum Gasteiger partial charge on any atom is -0.327 e. The normalized spacial score (nSPS) is 25.6. The molecule has 0 bridgehead atoms. The van der Waals surface area contributed by atoms with Crippen molar-refractivity contribution in [3.63, 3.8) is 0 Å². The molecule has 1 aromatic heterocycles. The highest BCUT2D eigenvalue weighted by Crippen LogP contribution is 2.37. The summed E-state index contributed by atoms with van der Waals surface area (Å²) in [6, 6.07) is 3.33. The molecule has 2 rings (SSSR count). The van der Waals surface area contributed by atoms with Crippen LogP contribution in [0.5, 0.6) is 0 Å². The smallest absolute Gasteiger partial charge is 0.287 e. The third kappa shape index (κ3) is 1.50. The molecule has 1 fully saturated rings. The van der Waals surface area contributed by atoms with Crippen molar-refractivity contribution in [1.82, 2.24) is 4.98 Å². The van der Waals surface area contributed by atoms with E-state index in [1.165, 1.54) is 12.3 Å². The first-order valence-corrected chi connectivity index (χ1v) is 4.04. The molecule has 5 heteroatoms. The molecule has 1 aliphatic carbocycles. The fourth-order valence-electron chi connectivity index (χ4n) is 1.28. The van der Waals surface area contributed by atoms with Crippen LogP contribution in [0.3, 0.4) is 0 Å². The quantitative estimate of drug-likeness (QED) is 0.537. The number of pyridine rings is 1. The van der Waals surface area contributed by atoms with E-state index >= 15 is 0 Å². The Morgan fingerprint density at radius 1 is 1.62 bits per heavy atom. The van der Waals surface area contributed by atoms with Crippen molar-refractivity contribution in [1.29, 1.82) is 0 Å². The van der Waals surface area contributed by atoms with Gasteiger partial charge in [-0.25, -0.2) is 0 Å². The Balaban J connectivity index is 2.19. The van der Waals surface area contributed by atoms with Gasteiger partial charge in [0.2, 0.25) is 0 Å². The number of hydrogen-bond donors (Lipinski definition) is 1. The third-order valence-electron chi connectivity index (χ3n) is 2.20. The zero-order valence-electron chi connectivity index (χ0n) is 6.88. The Kier molecular flexibility index (Phi) is 1.73. The Bertz CT molecular complexity index is 336. The molecule has 5 nitrogen and oxygen atoms in total. The van der Waals surface area contributed by atoms with Crippen LogP contribution in [-0.4, -0.2) is 15.9 Å². The predicted molar refractivity (Wildman–Crippen MR) is 46.2 cm³/mol. The minimum atomic E-state index is -0.455. The predicted octanol–water partition coefficient (Wildman–Crippen LogP) is 0.804. The van der Waals surface area contributed by atoms with Crippen molar-refractivity contribution in [2.75, 3.05) is 0 Å². The van der Waals surface area contributed by atoms with Gasteiger partial charge in [0, 0.05) is 23.7 Å². The summed E-state index contributed by atoms with van der Waals surface area (Å²) in [6.45, 7) is 0. The summed E-state index contributed by atoms with van der Waals surface area (Å²) in [5.41, 5.74) is 6.51. The van der Waals surface area contributed by atoms with Gasteiger partial charge in [0.05, 0.1) is 4.92 Å². The monoisotopic (exact) mass is 179 g/mol. The number of rotatable bonds is 2. The van der Waals surface area contributed by atoms with Crippen LogP contribution < -0.4 is 5.73 Å². The van der Waals surface area contributed by atoms with Crippen LogP contribution in [0.4, 0.5) is 5.69 Å². The van der Waals surface area contributed by atoms with Crippen LogP contribution in [0.25, 0.3) is 0 Å². The molecule has 0 aliphatic heterocycles. The summed E-state index contributed by atoms with van der Waals surface area (Å²) >= 11 is 0. The average Bonchev–Trinajstić information content (AvgIpc) is 2.83. The van der Waals surface area contributed by atoms with Gasteiger partial charge in [-0.2, -0.15) is 0 Å². The van der Waals surface area contributed by atoms with Crippen LogP contribution in [0, 0.1) is 10.1 Å². The highest BCUT2D eigenvalue weighted by atomic mass is 16.6. The SMILES string of the molecule is NC1CC1c1ccc([N+](=O)[O-])cn1. The average molecular weight is 179 g/mol. The summed E-state index contributed by atoms with van der Waals surface area (Å²) in [5.74, 6) is 0.306. The Hall–Kier alpha value is -1.49. The molecule has 2 unspecified atom stereocenters. The van der Waals surface area contributed by atoms with Gasteiger partial charge in [0.1, 0.15) is 6.20 Å². The van der Waals surface area contributed by atoms with E-state index in [0.717, 1.165) is 12.1 Å². The topological polar surface area (TPSA) is 82.0 Å². The molecular weight excluding hydrogens is 170 g/mol. The molecule has 0 radical (unpaired) electrons. The summed E-state index contributed by atoms with van der Waals surface area (Å²) in [7, 11) is 0. The zero-order chi connectivity index (χ0) is 9.42. The van der Waals surface area contributed by atoms with Crippen LogP contribution in [-0.2, 0) is 0 Å². The van der Waals surface area contributed by atoms with Gasteiger partial charge in [0.15, 0.2) is 0 Å². The first-order chi connectivity index (χ1) is 6.18. The summed E-state index contributed by atoms with van der Waals surface area (Å²) < 4.78 is 0. The molecule has 1 saturated carbocycles. The summed E-state index contributed by atoms with van der Waals surface area (Å²) in [4.78, 5) is 13.8. The Labute approximate surface area is 74.7 Å². The largest absolute Gasteiger partial charge is 0.327 e. The molecule has 0 aromatic carbocycles. The Morgan fingerprint density at radius 2 is 2.31 bits per heavy atom. The molecule has 13 heavy (non-hydrogen) atoms. The lowest BCUT2D eigenvalue weighted by Crippen LogP contribution is -2.02. The number of hydrogen-bond acceptors (Lipinski definition) is 4. The van der Waals surface area contributed by atoms with Gasteiger partial charge < -0.3 is 5.73 Å². The van der Waals surface area contributed by atoms with Crippen LogP contribution in [0.15, 0.2) is 18.3 Å². The molecular formula is C8H9N3O2. The van der Waals surface area contributed by atoms with E-state index in [1.54, 1.807) is 6.07 Å². The van der Waals surface area contributed by atoms with Gasteiger partial charge in [-0.05, 0) is 12.5 Å². The molecule has 0 amide bonds. The summed E-state index contributed by atoms with van der Waals surface area (Å²) in [5, 5.41) is 10.3. The second kappa shape index (κ2) is 2.77. The molecule has 68 valence electrons. The van der Waals surface area contributed by atoms with E-state index in [9.17, 15) is 10.1 Å². The van der Waals surface area contributed by atoms with Gasteiger partial charge >= 0.3 is 0 Å². The molecule has 0 spiro atoms. The van der Waals surface area contributed by atoms with Crippen molar-refractivity contribution >= 4 is 5.69 Å². The van der Waals surface area contributed by atoms with Crippen molar-refractivity contribution in [2.45, 2.75) is 18.4 Å². The molecule has 1 aromatic rings. The van der Waals surface area contributed by atoms with Crippen molar-refractivity contribution in [3.8, 4) is 0 Å². The lowest BCUT2D eigenvalue weighted by Gasteiger charge is -1.95. The van der Waals surface area contributed by atoms with Crippen molar-refractivity contribution in [3.05, 3.63) is 34.1 Å². The van der Waals surface area contributed by atoms with Gasteiger partial charge in [0.25, 0.3) is 5.69 Å². The lowest BCUT2D eigenvalue weighted by molar-refractivity contribution is -0.385. The minimum absolute atomic E-state index is 0.0259. The molecule has 2 atom stereocenters. The second-order valence-electron chi connectivity index (χ2n) is 3.20. The lowest BCUT2D eigenvalue weighted by atomic mass is 10.2. The van der Waals surface area contributed by atoms with E-state index in [0.29, 0.717) is 5.92 Å². The number of nitro groups is 1. The molecule has 1 heterocycles. The highest BCUT2D eigenvalue weighted by molar-refractivity contribution is 5.30. The number of aromatic nitrogens is 1. The van der Waals surface area contributed by atoms with E-state index in [-0.39, 0.29) is 11.7 Å². The van der Waals surface area contributed by atoms with Gasteiger partial charge in [-0.3, -0.25) is 15.1 Å². The summed E-state index contributed by atoms with van der Waals surface area (Å²) in [6.07, 6.45) is 2.21. The van der Waals surface area contributed by atoms with Crippen LogP contribution in [0.1, 0.15) is 18.0 Å². The van der Waals surface area contributed by atoms with Crippen molar-refractivity contribution in [2.24, 2.45) is 5.73 Å². The molecule has 2 N–H and O–H groups in total. The molecule has 1 aliphatic rings. The third-order valence-corrected chi connectivity index (χ3v) is 2.20. The van der Waals surface area contributed by atoms with E-state index < -0.39 is 4.92 Å². The number of nitrogens with zero attached hydrogens (tertiary/aromatic N) is 2.